The van der Waals surface area contributed by atoms with Gasteiger partial charge in [0, 0.05) is 19.3 Å². The number of carbonyl (C=O) groups is 1. The smallest absolute Gasteiger partial charge is 0.253 e. The van der Waals surface area contributed by atoms with Crippen LogP contribution in [0.25, 0.3) is 0 Å². The number of hydrogen-bond acceptors (Lipinski definition) is 4. The summed E-state index contributed by atoms with van der Waals surface area (Å²) >= 11 is 0. The largest absolute Gasteiger partial charge is 0.399 e. The second kappa shape index (κ2) is 5.93. The predicted molar refractivity (Wildman–Crippen MR) is 76.3 cm³/mol. The number of piperidine rings is 1. The Hall–Kier alpha value is -1.75. The van der Waals surface area contributed by atoms with Crippen molar-refractivity contribution in [3.63, 3.8) is 0 Å². The Balaban J connectivity index is 2.40. The molecule has 1 unspecified atom stereocenters. The van der Waals surface area contributed by atoms with Crippen LogP contribution in [0.1, 0.15) is 29.6 Å². The van der Waals surface area contributed by atoms with E-state index >= 15 is 0 Å². The third-order valence-electron chi connectivity index (χ3n) is 3.64. The number of hydrogen-bond donors (Lipinski definition) is 3. The van der Waals surface area contributed by atoms with Gasteiger partial charge in [0.05, 0.1) is 23.9 Å². The summed E-state index contributed by atoms with van der Waals surface area (Å²) in [5, 5.41) is 12.1. The van der Waals surface area contributed by atoms with Gasteiger partial charge in [-0.15, -0.1) is 0 Å². The van der Waals surface area contributed by atoms with Crippen molar-refractivity contribution >= 4 is 17.3 Å². The minimum atomic E-state index is -0.128. The lowest BCUT2D eigenvalue weighted by molar-refractivity contribution is 0.0963. The van der Waals surface area contributed by atoms with Crippen molar-refractivity contribution in [2.24, 2.45) is 0 Å². The quantitative estimate of drug-likeness (QED) is 0.710. The topological polar surface area (TPSA) is 78.6 Å². The average Bonchev–Trinajstić information content (AvgIpc) is 2.46. The highest BCUT2D eigenvalue weighted by Crippen LogP contribution is 2.29. The van der Waals surface area contributed by atoms with Gasteiger partial charge in [0.15, 0.2) is 0 Å². The minimum Gasteiger partial charge on any atom is -0.399 e. The zero-order valence-corrected chi connectivity index (χ0v) is 11.2. The maximum absolute atomic E-state index is 11.9. The molecule has 0 radical (unpaired) electrons. The molecule has 0 bridgehead atoms. The maximum atomic E-state index is 11.9. The van der Waals surface area contributed by atoms with Gasteiger partial charge in [0.25, 0.3) is 5.91 Å². The Morgan fingerprint density at radius 1 is 1.53 bits per heavy atom. The molecule has 19 heavy (non-hydrogen) atoms. The number of nitrogens with two attached hydrogens (primary N) is 1. The molecule has 1 atom stereocenters. The van der Waals surface area contributed by atoms with E-state index in [1.165, 1.54) is 0 Å². The van der Waals surface area contributed by atoms with Crippen LogP contribution in [0.4, 0.5) is 11.4 Å². The molecule has 0 saturated carbocycles. The molecule has 104 valence electrons. The molecule has 0 aromatic heterocycles. The maximum Gasteiger partial charge on any atom is 0.253 e. The number of nitrogens with zero attached hydrogens (tertiary/aromatic N) is 1. The lowest BCUT2D eigenvalue weighted by Gasteiger charge is -2.37. The summed E-state index contributed by atoms with van der Waals surface area (Å²) in [6.07, 6.45) is 3.12. The highest BCUT2D eigenvalue weighted by atomic mass is 16.3. The monoisotopic (exact) mass is 263 g/mol. The molecule has 1 aromatic rings. The zero-order chi connectivity index (χ0) is 13.8. The Morgan fingerprint density at radius 3 is 3.00 bits per heavy atom. The molecule has 1 saturated heterocycles. The normalized spacial score (nSPS) is 19.3. The molecule has 1 aliphatic rings. The van der Waals surface area contributed by atoms with Crippen molar-refractivity contribution in [3.8, 4) is 0 Å². The van der Waals surface area contributed by atoms with Gasteiger partial charge in [-0.05, 0) is 37.5 Å². The van der Waals surface area contributed by atoms with Crippen LogP contribution in [-0.2, 0) is 0 Å². The van der Waals surface area contributed by atoms with Crippen LogP contribution in [0, 0.1) is 0 Å². The highest BCUT2D eigenvalue weighted by Gasteiger charge is 2.25. The number of rotatable bonds is 3. The second-order valence-corrected chi connectivity index (χ2v) is 4.88. The van der Waals surface area contributed by atoms with Crippen LogP contribution in [0.15, 0.2) is 18.2 Å². The molecular formula is C14H21N3O2. The van der Waals surface area contributed by atoms with Gasteiger partial charge < -0.3 is 21.1 Å². The van der Waals surface area contributed by atoms with E-state index in [2.05, 4.69) is 10.2 Å². The Labute approximate surface area is 113 Å². The molecule has 2 rings (SSSR count). The number of anilines is 2. The van der Waals surface area contributed by atoms with E-state index in [1.54, 1.807) is 19.2 Å². The average molecular weight is 263 g/mol. The van der Waals surface area contributed by atoms with E-state index in [9.17, 15) is 9.90 Å². The molecule has 1 heterocycles. The third kappa shape index (κ3) is 2.81. The van der Waals surface area contributed by atoms with Crippen molar-refractivity contribution in [1.82, 2.24) is 5.32 Å². The van der Waals surface area contributed by atoms with Gasteiger partial charge in [-0.25, -0.2) is 0 Å². The molecular weight excluding hydrogens is 242 g/mol. The molecule has 4 N–H and O–H groups in total. The van der Waals surface area contributed by atoms with E-state index in [0.29, 0.717) is 11.3 Å². The zero-order valence-electron chi connectivity index (χ0n) is 11.2. The number of nitrogens with one attached hydrogen (secondary N) is 1. The molecule has 1 fully saturated rings. The van der Waals surface area contributed by atoms with Crippen molar-refractivity contribution in [1.29, 1.82) is 0 Å². The highest BCUT2D eigenvalue weighted by molar-refractivity contribution is 6.00. The summed E-state index contributed by atoms with van der Waals surface area (Å²) in [6.45, 7) is 0.945. The number of amides is 1. The fraction of sp³-hybridized carbons (Fsp3) is 0.500. The first-order valence-electron chi connectivity index (χ1n) is 6.66. The number of nitrogen functional groups attached to an aromatic ring is 1. The Kier molecular flexibility index (Phi) is 4.27. The summed E-state index contributed by atoms with van der Waals surface area (Å²) < 4.78 is 0. The second-order valence-electron chi connectivity index (χ2n) is 4.88. The molecule has 5 nitrogen and oxygen atoms in total. The van der Waals surface area contributed by atoms with Crippen LogP contribution < -0.4 is 16.0 Å². The SMILES string of the molecule is CNC(=O)c1ccc(N)cc1N1CCCCC1CO. The first kappa shape index (κ1) is 13.7. The fourth-order valence-electron chi connectivity index (χ4n) is 2.62. The summed E-state index contributed by atoms with van der Waals surface area (Å²) in [5.74, 6) is -0.128. The van der Waals surface area contributed by atoms with E-state index in [4.69, 9.17) is 5.73 Å². The number of aliphatic hydroxyl groups is 1. The van der Waals surface area contributed by atoms with Crippen molar-refractivity contribution in [2.75, 3.05) is 30.8 Å². The molecule has 1 aromatic carbocycles. The summed E-state index contributed by atoms with van der Waals surface area (Å²) in [7, 11) is 1.61. The van der Waals surface area contributed by atoms with E-state index in [1.807, 2.05) is 6.07 Å². The third-order valence-corrected chi connectivity index (χ3v) is 3.64. The lowest BCUT2D eigenvalue weighted by Crippen LogP contribution is -2.43. The molecule has 5 heteroatoms. The minimum absolute atomic E-state index is 0.0685. The summed E-state index contributed by atoms with van der Waals surface area (Å²) in [6, 6.07) is 5.36. The van der Waals surface area contributed by atoms with Crippen molar-refractivity contribution in [3.05, 3.63) is 23.8 Å². The van der Waals surface area contributed by atoms with Crippen LogP contribution >= 0.6 is 0 Å². The van der Waals surface area contributed by atoms with Gasteiger partial charge in [0.2, 0.25) is 0 Å². The lowest BCUT2D eigenvalue weighted by atomic mass is 9.99. The summed E-state index contributed by atoms with van der Waals surface area (Å²) in [4.78, 5) is 14.0. The van der Waals surface area contributed by atoms with Crippen LogP contribution in [0.3, 0.4) is 0 Å². The van der Waals surface area contributed by atoms with E-state index in [-0.39, 0.29) is 18.6 Å². The van der Waals surface area contributed by atoms with Gasteiger partial charge in [-0.1, -0.05) is 0 Å². The molecule has 0 aliphatic carbocycles. The van der Waals surface area contributed by atoms with Gasteiger partial charge in [-0.3, -0.25) is 4.79 Å². The predicted octanol–water partition coefficient (Wildman–Crippen LogP) is 0.980. The van der Waals surface area contributed by atoms with E-state index in [0.717, 1.165) is 31.5 Å². The van der Waals surface area contributed by atoms with Crippen LogP contribution in [-0.4, -0.2) is 37.3 Å². The molecule has 0 spiro atoms. The summed E-state index contributed by atoms with van der Waals surface area (Å²) in [5.41, 5.74) is 7.90. The number of aliphatic hydroxyl groups excluding tert-OH is 1. The van der Waals surface area contributed by atoms with Crippen LogP contribution in [0.2, 0.25) is 0 Å². The Bertz CT molecular complexity index is 462. The fourth-order valence-corrected chi connectivity index (χ4v) is 2.62. The first-order chi connectivity index (χ1) is 9.17. The van der Waals surface area contributed by atoms with E-state index < -0.39 is 0 Å². The number of carbonyl (C=O) groups excluding carboxylic acids is 1. The van der Waals surface area contributed by atoms with Gasteiger partial charge >= 0.3 is 0 Å². The van der Waals surface area contributed by atoms with Crippen molar-refractivity contribution in [2.45, 2.75) is 25.3 Å². The molecule has 1 amide bonds. The Morgan fingerprint density at radius 2 is 2.32 bits per heavy atom. The van der Waals surface area contributed by atoms with Gasteiger partial charge in [-0.2, -0.15) is 0 Å². The van der Waals surface area contributed by atoms with Gasteiger partial charge in [0.1, 0.15) is 0 Å². The van der Waals surface area contributed by atoms with Crippen molar-refractivity contribution < 1.29 is 9.90 Å². The number of benzene rings is 1. The first-order valence-corrected chi connectivity index (χ1v) is 6.66. The standard InChI is InChI=1S/C14H21N3O2/c1-16-14(19)12-6-5-10(15)8-13(12)17-7-3-2-4-11(17)9-18/h5-6,8,11,18H,2-4,7,9,15H2,1H3,(H,16,19). The molecule has 1 aliphatic heterocycles. The van der Waals surface area contributed by atoms with Crippen LogP contribution in [0.5, 0.6) is 0 Å².